The minimum Gasteiger partial charge on any atom is -0.432 e. The number of alkyl halides is 4. The van der Waals surface area contributed by atoms with E-state index in [4.69, 9.17) is 0 Å². The van der Waals surface area contributed by atoms with Gasteiger partial charge in [0.25, 0.3) is 5.92 Å². The van der Waals surface area contributed by atoms with Gasteiger partial charge in [-0.25, -0.2) is 43.9 Å². The monoisotopic (exact) mass is 580 g/mol. The first-order valence-electron chi connectivity index (χ1n) is 11.2. The van der Waals surface area contributed by atoms with E-state index in [0.29, 0.717) is 12.1 Å². The van der Waals surface area contributed by atoms with E-state index in [9.17, 15) is 35.1 Å². The van der Waals surface area contributed by atoms with Crippen LogP contribution in [0.25, 0.3) is 21.9 Å². The topological polar surface area (TPSA) is 9.23 Å². The quantitative estimate of drug-likeness (QED) is 0.173. The minimum atomic E-state index is -4.94. The van der Waals surface area contributed by atoms with E-state index < -0.39 is 110 Å². The van der Waals surface area contributed by atoms with Gasteiger partial charge in [-0.3, -0.25) is 0 Å². The maximum absolute atomic E-state index is 15.1. The molecule has 40 heavy (non-hydrogen) atoms. The van der Waals surface area contributed by atoms with Crippen molar-refractivity contribution in [1.29, 1.82) is 0 Å². The van der Waals surface area contributed by atoms with Crippen molar-refractivity contribution in [2.75, 3.05) is 0 Å². The summed E-state index contributed by atoms with van der Waals surface area (Å²) in [6, 6.07) is 3.16. The molecule has 0 bridgehead atoms. The van der Waals surface area contributed by atoms with E-state index in [2.05, 4.69) is 4.74 Å². The van der Waals surface area contributed by atoms with Gasteiger partial charge in [-0.05, 0) is 48.1 Å². The number of benzene rings is 4. The molecule has 1 aliphatic rings. The number of aryl methyl sites for hydroxylation is 1. The largest absolute Gasteiger partial charge is 0.432 e. The second-order valence-electron chi connectivity index (χ2n) is 9.18. The summed E-state index contributed by atoms with van der Waals surface area (Å²) in [6.45, 7) is 1.17. The predicted octanol–water partition coefficient (Wildman–Crippen LogP) is 8.86. The average molecular weight is 580 g/mol. The molecule has 0 fully saturated rings. The molecule has 5 rings (SSSR count). The van der Waals surface area contributed by atoms with Crippen molar-refractivity contribution in [3.05, 3.63) is 99.6 Å². The molecule has 4 aromatic rings. The lowest BCUT2D eigenvalue weighted by atomic mass is 9.97. The van der Waals surface area contributed by atoms with Gasteiger partial charge in [0.1, 0.15) is 17.5 Å². The zero-order valence-corrected chi connectivity index (χ0v) is 19.7. The van der Waals surface area contributed by atoms with Gasteiger partial charge in [0.05, 0.1) is 10.9 Å². The van der Waals surface area contributed by atoms with Crippen LogP contribution >= 0.6 is 0 Å². The molecule has 4 aromatic carbocycles. The number of hydrogen-bond donors (Lipinski definition) is 0. The maximum atomic E-state index is 15.1. The summed E-state index contributed by atoms with van der Waals surface area (Å²) in [5.41, 5.74) is -4.68. The highest BCUT2D eigenvalue weighted by molar-refractivity contribution is 5.85. The smallest absolute Gasteiger partial charge is 0.407 e. The second kappa shape index (κ2) is 9.07. The summed E-state index contributed by atoms with van der Waals surface area (Å²) in [5, 5.41) is -1.91. The molecule has 13 heteroatoms. The molecular formula is C27H12F12O. The van der Waals surface area contributed by atoms with Crippen molar-refractivity contribution in [1.82, 2.24) is 0 Å². The molecule has 1 nitrogen and oxygen atoms in total. The maximum Gasteiger partial charge on any atom is 0.407 e. The Hall–Kier alpha value is -3.90. The molecular weight excluding hydrogens is 568 g/mol. The van der Waals surface area contributed by atoms with Crippen LogP contribution in [-0.2, 0) is 12.3 Å². The van der Waals surface area contributed by atoms with Crippen molar-refractivity contribution < 1.29 is 57.4 Å². The molecule has 1 aliphatic carbocycles. The average Bonchev–Trinajstić information content (AvgIpc) is 3.14. The van der Waals surface area contributed by atoms with Crippen LogP contribution < -0.4 is 4.74 Å². The second-order valence-corrected chi connectivity index (χ2v) is 9.18. The van der Waals surface area contributed by atoms with E-state index in [1.807, 2.05) is 0 Å². The van der Waals surface area contributed by atoms with Crippen molar-refractivity contribution in [2.45, 2.75) is 25.4 Å². The van der Waals surface area contributed by atoms with Gasteiger partial charge in [0, 0.05) is 17.2 Å². The number of fused-ring (bicyclic) bond motifs is 2. The van der Waals surface area contributed by atoms with Crippen LogP contribution in [0.4, 0.5) is 52.7 Å². The summed E-state index contributed by atoms with van der Waals surface area (Å²) in [4.78, 5) is 0. The first-order chi connectivity index (χ1) is 18.6. The molecule has 0 aliphatic heterocycles. The van der Waals surface area contributed by atoms with Crippen LogP contribution in [0.1, 0.15) is 16.7 Å². The van der Waals surface area contributed by atoms with Gasteiger partial charge in [-0.1, -0.05) is 12.1 Å². The van der Waals surface area contributed by atoms with E-state index in [1.54, 1.807) is 0 Å². The summed E-state index contributed by atoms with van der Waals surface area (Å²) >= 11 is 0. The highest BCUT2D eigenvalue weighted by Crippen LogP contribution is 2.54. The van der Waals surface area contributed by atoms with E-state index in [-0.39, 0.29) is 17.7 Å². The summed E-state index contributed by atoms with van der Waals surface area (Å²) in [5.74, 6) is -24.1. The fourth-order valence-corrected chi connectivity index (χ4v) is 4.75. The van der Waals surface area contributed by atoms with Gasteiger partial charge in [-0.2, -0.15) is 8.78 Å². The van der Waals surface area contributed by atoms with Crippen molar-refractivity contribution >= 4 is 10.8 Å². The summed E-state index contributed by atoms with van der Waals surface area (Å²) in [6.07, 6.45) is -6.30. The zero-order valence-electron chi connectivity index (χ0n) is 19.7. The third kappa shape index (κ3) is 4.05. The highest BCUT2D eigenvalue weighted by atomic mass is 19.3. The lowest BCUT2D eigenvalue weighted by Gasteiger charge is -2.28. The van der Waals surface area contributed by atoms with Gasteiger partial charge >= 0.3 is 6.11 Å². The van der Waals surface area contributed by atoms with Crippen LogP contribution in [-0.4, -0.2) is 6.11 Å². The molecule has 0 amide bonds. The number of rotatable bonds is 4. The van der Waals surface area contributed by atoms with E-state index in [1.165, 1.54) is 6.92 Å². The first kappa shape index (κ1) is 27.7. The van der Waals surface area contributed by atoms with Gasteiger partial charge in [0.15, 0.2) is 40.7 Å². The summed E-state index contributed by atoms with van der Waals surface area (Å²) < 4.78 is 178. The predicted molar refractivity (Wildman–Crippen MR) is 117 cm³/mol. The molecule has 0 spiro atoms. The Kier molecular flexibility index (Phi) is 6.27. The van der Waals surface area contributed by atoms with Crippen LogP contribution in [0.15, 0.2) is 36.4 Å². The fourth-order valence-electron chi connectivity index (χ4n) is 4.75. The van der Waals surface area contributed by atoms with Crippen LogP contribution in [0.5, 0.6) is 5.75 Å². The van der Waals surface area contributed by atoms with E-state index >= 15 is 17.6 Å². The Morgan fingerprint density at radius 2 is 1.38 bits per heavy atom. The Morgan fingerprint density at radius 1 is 0.725 bits per heavy atom. The lowest BCUT2D eigenvalue weighted by molar-refractivity contribution is -0.266. The van der Waals surface area contributed by atoms with Crippen molar-refractivity contribution in [3.8, 4) is 16.9 Å². The number of halogens is 12. The summed E-state index contributed by atoms with van der Waals surface area (Å²) in [7, 11) is 0. The van der Waals surface area contributed by atoms with Crippen LogP contribution in [0.2, 0.25) is 0 Å². The Labute approximate surface area is 216 Å². The van der Waals surface area contributed by atoms with E-state index in [0.717, 1.165) is 12.1 Å². The van der Waals surface area contributed by atoms with Gasteiger partial charge < -0.3 is 4.74 Å². The molecule has 0 heterocycles. The first-order valence-corrected chi connectivity index (χ1v) is 11.2. The third-order valence-electron chi connectivity index (χ3n) is 6.71. The molecule has 1 unspecified atom stereocenters. The fraction of sp³-hybridized carbons (Fsp3) is 0.185. The SMILES string of the molecule is Cc1ccc(-c2cc3c(c(F)c2F)C(F)(F)C(C(F)(F)Oc2cc(F)c4c(F)c(F)c(F)cc4c2)C3)c(F)c1F. The standard InChI is InChI=1S/C27H12F12O/c1-9-2-3-13(21(31)20(9)30)14-5-11-7-17(26(36,37)19(11)25(35)22(14)32)27(38,39)40-12-4-10-6-16(29)23(33)24(34)18(10)15(28)8-12/h2-6,8,17H,7H2,1H3. The van der Waals surface area contributed by atoms with Crippen molar-refractivity contribution in [2.24, 2.45) is 5.92 Å². The van der Waals surface area contributed by atoms with Crippen molar-refractivity contribution in [3.63, 3.8) is 0 Å². The Bertz CT molecular complexity index is 1710. The third-order valence-corrected chi connectivity index (χ3v) is 6.71. The molecule has 0 radical (unpaired) electrons. The number of hydrogen-bond acceptors (Lipinski definition) is 1. The molecule has 1 atom stereocenters. The molecule has 210 valence electrons. The van der Waals surface area contributed by atoms with Crippen LogP contribution in [0, 0.1) is 59.4 Å². The lowest BCUT2D eigenvalue weighted by Crippen LogP contribution is -2.42. The van der Waals surface area contributed by atoms with Gasteiger partial charge in [0.2, 0.25) is 0 Å². The van der Waals surface area contributed by atoms with Crippen LogP contribution in [0.3, 0.4) is 0 Å². The minimum absolute atomic E-state index is 0.115. The number of ether oxygens (including phenoxy) is 1. The Balaban J connectivity index is 1.55. The van der Waals surface area contributed by atoms with Gasteiger partial charge in [-0.15, -0.1) is 0 Å². The molecule has 0 N–H and O–H groups in total. The molecule has 0 aromatic heterocycles. The Morgan fingerprint density at radius 3 is 2.05 bits per heavy atom. The molecule has 0 saturated heterocycles. The molecule has 0 saturated carbocycles. The zero-order chi connectivity index (χ0) is 29.5. The highest BCUT2D eigenvalue weighted by Gasteiger charge is 2.63. The normalized spacial score (nSPS) is 16.5.